The second-order valence-electron chi connectivity index (χ2n) is 5.80. The van der Waals surface area contributed by atoms with Crippen molar-refractivity contribution < 1.29 is 15.4 Å². The fraction of sp³-hybridized carbons (Fsp3) is 0.100. The summed E-state index contributed by atoms with van der Waals surface area (Å²) in [6.07, 6.45) is 7.05. The van der Waals surface area contributed by atoms with Crippen molar-refractivity contribution in [2.75, 3.05) is 0 Å². The number of rotatable bonds is 4. The number of aromatic nitrogens is 4. The van der Waals surface area contributed by atoms with Crippen molar-refractivity contribution in [2.45, 2.75) is 0 Å². The summed E-state index contributed by atoms with van der Waals surface area (Å²) >= 11 is -0.639. The average Bonchev–Trinajstić information content (AvgIpc) is 3.41. The molecule has 0 atom stereocenters. The number of nitrogens with zero attached hydrogens (tertiary/aromatic N) is 8. The van der Waals surface area contributed by atoms with Crippen LogP contribution in [0.4, 0.5) is 23.3 Å². The molecule has 8 nitrogen and oxygen atoms in total. The summed E-state index contributed by atoms with van der Waals surface area (Å²) in [4.78, 5) is 8.07. The Balaban J connectivity index is 0.000000196. The van der Waals surface area contributed by atoms with E-state index in [-0.39, 0.29) is 0 Å². The van der Waals surface area contributed by atoms with Crippen molar-refractivity contribution >= 4 is 42.5 Å². The van der Waals surface area contributed by atoms with Crippen LogP contribution < -0.4 is 0 Å². The van der Waals surface area contributed by atoms with Gasteiger partial charge in [0.05, 0.1) is 11.4 Å². The second kappa shape index (κ2) is 14.3. The average molecular weight is 634 g/mol. The molecule has 0 unspecified atom stereocenters. The predicted octanol–water partition coefficient (Wildman–Crippen LogP) is 7.05. The molecule has 0 radical (unpaired) electrons. The van der Waals surface area contributed by atoms with Crippen LogP contribution in [0.5, 0.6) is 0 Å². The van der Waals surface area contributed by atoms with E-state index in [1.807, 2.05) is 96.3 Å². The Morgan fingerprint density at radius 1 is 0.645 bits per heavy atom. The molecule has 2 aromatic heterocycles. The van der Waals surface area contributed by atoms with Gasteiger partial charge in [0, 0.05) is 38.9 Å². The van der Waals surface area contributed by atoms with Crippen LogP contribution in [0.3, 0.4) is 0 Å². The Kier molecular flexibility index (Phi) is 11.3. The summed E-state index contributed by atoms with van der Waals surface area (Å²) in [7, 11) is 13.6. The van der Waals surface area contributed by atoms with Crippen LogP contribution in [0.15, 0.2) is 106 Å². The first-order valence-corrected chi connectivity index (χ1v) is 15.2. The monoisotopic (exact) mass is 634 g/mol. The molecule has 0 fully saturated rings. The van der Waals surface area contributed by atoms with Crippen molar-refractivity contribution in [1.29, 1.82) is 0 Å². The summed E-state index contributed by atoms with van der Waals surface area (Å²) in [6.45, 7) is 0. The van der Waals surface area contributed by atoms with Gasteiger partial charge in [0.25, 0.3) is 0 Å². The summed E-state index contributed by atoms with van der Waals surface area (Å²) in [5.41, 5.74) is 1.66. The van der Waals surface area contributed by atoms with E-state index in [1.54, 1.807) is 12.4 Å². The molecule has 0 aliphatic heterocycles. The Morgan fingerprint density at radius 2 is 1.00 bits per heavy atom. The van der Waals surface area contributed by atoms with Crippen LogP contribution in [0.2, 0.25) is 0 Å². The third kappa shape index (κ3) is 9.30. The van der Waals surface area contributed by atoms with E-state index in [1.165, 1.54) is 0 Å². The predicted molar refractivity (Wildman–Crippen MR) is 119 cm³/mol. The Bertz CT molecular complexity index is 979. The number of benzene rings is 2. The molecule has 0 saturated carbocycles. The van der Waals surface area contributed by atoms with E-state index < -0.39 is 15.4 Å². The first-order valence-electron chi connectivity index (χ1n) is 8.87. The van der Waals surface area contributed by atoms with Crippen LogP contribution in [0.25, 0.3) is 0 Å². The molecular weight excluding hydrogens is 613 g/mol. The molecule has 31 heavy (non-hydrogen) atoms. The fourth-order valence-electron chi connectivity index (χ4n) is 2.10. The van der Waals surface area contributed by atoms with Crippen molar-refractivity contribution in [3.8, 4) is 0 Å². The van der Waals surface area contributed by atoms with Crippen LogP contribution in [0.1, 0.15) is 0 Å². The molecule has 0 saturated heterocycles. The molecule has 4 rings (SSSR count). The number of aryl methyl sites for hydroxylation is 2. The zero-order valence-electron chi connectivity index (χ0n) is 16.8. The molecule has 0 aliphatic rings. The van der Waals surface area contributed by atoms with Gasteiger partial charge < -0.3 is 9.13 Å². The van der Waals surface area contributed by atoms with Crippen LogP contribution in [0, 0.1) is 0 Å². The molecule has 0 N–H and O–H groups in total. The number of hydrogen-bond donors (Lipinski definition) is 0. The minimum absolute atomic E-state index is 0.605. The van der Waals surface area contributed by atoms with Gasteiger partial charge in [0.2, 0.25) is 11.9 Å². The van der Waals surface area contributed by atoms with Crippen LogP contribution in [-0.2, 0) is 29.5 Å². The third-order valence-corrected chi connectivity index (χ3v) is 3.61. The minimum atomic E-state index is -0.639. The second-order valence-corrected chi connectivity index (χ2v) is 9.47. The van der Waals surface area contributed by atoms with Crippen molar-refractivity contribution in [2.24, 2.45) is 34.6 Å². The van der Waals surface area contributed by atoms with Gasteiger partial charge in [0.15, 0.2) is 0 Å². The maximum atomic E-state index is 4.90. The van der Waals surface area contributed by atoms with Crippen LogP contribution in [-0.4, -0.2) is 19.1 Å². The third-order valence-electron chi connectivity index (χ3n) is 3.61. The SMILES string of the molecule is Cn1ccnc1N=Nc1ccccc1.Cn1ccnc1N=Nc1ccccc1.[Cl][Os][Cl]. The Labute approximate surface area is 196 Å². The van der Waals surface area contributed by atoms with Crippen molar-refractivity contribution in [3.05, 3.63) is 85.5 Å². The van der Waals surface area contributed by atoms with Gasteiger partial charge in [-0.3, -0.25) is 0 Å². The van der Waals surface area contributed by atoms with Gasteiger partial charge in [-0.15, -0.1) is 20.5 Å². The zero-order chi connectivity index (χ0) is 22.3. The Hall–Kier alpha value is -2.72. The number of hydrogen-bond acceptors (Lipinski definition) is 6. The van der Waals surface area contributed by atoms with E-state index >= 15 is 0 Å². The van der Waals surface area contributed by atoms with Gasteiger partial charge in [-0.2, -0.15) is 0 Å². The first kappa shape index (κ1) is 24.5. The van der Waals surface area contributed by atoms with Gasteiger partial charge in [-0.25, -0.2) is 9.97 Å². The van der Waals surface area contributed by atoms with E-state index in [0.29, 0.717) is 11.9 Å². The summed E-state index contributed by atoms with van der Waals surface area (Å²) in [5, 5.41) is 16.1. The topological polar surface area (TPSA) is 85.1 Å². The molecule has 2 heterocycles. The Morgan fingerprint density at radius 3 is 1.29 bits per heavy atom. The molecule has 4 aromatic rings. The van der Waals surface area contributed by atoms with Crippen molar-refractivity contribution in [3.63, 3.8) is 0 Å². The van der Waals surface area contributed by atoms with Gasteiger partial charge >= 0.3 is 34.7 Å². The van der Waals surface area contributed by atoms with E-state index in [2.05, 4.69) is 30.4 Å². The molecule has 162 valence electrons. The van der Waals surface area contributed by atoms with Crippen LogP contribution >= 0.6 is 19.3 Å². The van der Waals surface area contributed by atoms with Crippen molar-refractivity contribution in [1.82, 2.24) is 19.1 Å². The quantitative estimate of drug-likeness (QED) is 0.226. The number of azo groups is 2. The molecule has 2 aromatic carbocycles. The van der Waals surface area contributed by atoms with E-state index in [9.17, 15) is 0 Å². The molecule has 0 aliphatic carbocycles. The summed E-state index contributed by atoms with van der Waals surface area (Å²) in [5.74, 6) is 1.21. The standard InChI is InChI=1S/2C10H10N4.2ClH.Os/c2*1-14-8-7-11-10(14)13-12-9-5-3-2-4-6-9;;;/h2*2-8H,1H3;2*1H;/q;;;;+2/p-2. The molecule has 0 bridgehead atoms. The van der Waals surface area contributed by atoms with Gasteiger partial charge in [-0.05, 0) is 24.3 Å². The fourth-order valence-corrected chi connectivity index (χ4v) is 2.10. The van der Waals surface area contributed by atoms with E-state index in [0.717, 1.165) is 11.4 Å². The first-order chi connectivity index (χ1) is 15.1. The molecule has 0 spiro atoms. The molecular formula is C20H20Cl2N8Os. The maximum absolute atomic E-state index is 4.90. The molecule has 0 amide bonds. The normalized spacial score (nSPS) is 10.6. The number of imidazole rings is 2. The number of halogens is 2. The summed E-state index contributed by atoms with van der Waals surface area (Å²) < 4.78 is 3.62. The summed E-state index contributed by atoms with van der Waals surface area (Å²) in [6, 6.07) is 19.2. The zero-order valence-corrected chi connectivity index (χ0v) is 20.8. The van der Waals surface area contributed by atoms with Gasteiger partial charge in [0.1, 0.15) is 0 Å². The van der Waals surface area contributed by atoms with Gasteiger partial charge in [-0.1, -0.05) is 36.4 Å². The van der Waals surface area contributed by atoms with E-state index in [4.69, 9.17) is 19.3 Å². The molecule has 11 heteroatoms.